The molecule has 5 nitrogen and oxygen atoms in total. The normalized spacial score (nSPS) is 11.3. The molecule has 0 aliphatic carbocycles. The van der Waals surface area contributed by atoms with Gasteiger partial charge in [-0.1, -0.05) is 51.1 Å². The summed E-state index contributed by atoms with van der Waals surface area (Å²) in [7, 11) is 1.61. The molecule has 0 saturated heterocycles. The van der Waals surface area contributed by atoms with Crippen molar-refractivity contribution in [3.8, 4) is 17.4 Å². The Morgan fingerprint density at radius 2 is 1.83 bits per heavy atom. The van der Waals surface area contributed by atoms with Crippen LogP contribution in [-0.4, -0.2) is 18.0 Å². The summed E-state index contributed by atoms with van der Waals surface area (Å²) in [5.74, 6) is 1.52. The zero-order chi connectivity index (χ0) is 21.6. The molecule has 154 valence electrons. The fraction of sp³-hybridized carbons (Fsp3) is 0.200. The van der Waals surface area contributed by atoms with Gasteiger partial charge < -0.3 is 14.8 Å². The van der Waals surface area contributed by atoms with Crippen LogP contribution in [0.4, 0.5) is 5.69 Å². The van der Waals surface area contributed by atoms with Crippen molar-refractivity contribution in [3.63, 3.8) is 0 Å². The summed E-state index contributed by atoms with van der Waals surface area (Å²) >= 11 is 0. The summed E-state index contributed by atoms with van der Waals surface area (Å²) in [6.45, 7) is 6.37. The van der Waals surface area contributed by atoms with Crippen LogP contribution < -0.4 is 14.8 Å². The molecule has 0 aliphatic rings. The quantitative estimate of drug-likeness (QED) is 0.527. The van der Waals surface area contributed by atoms with Crippen molar-refractivity contribution in [1.29, 1.82) is 0 Å². The number of carbonyl (C=O) groups excluding carboxylic acids is 1. The monoisotopic (exact) mass is 402 g/mol. The number of nitrogens with zero attached hydrogens (tertiary/aromatic N) is 1. The van der Waals surface area contributed by atoms with Gasteiger partial charge in [0.2, 0.25) is 11.8 Å². The Balaban J connectivity index is 1.78. The molecule has 0 unspecified atom stereocenters. The fourth-order valence-corrected chi connectivity index (χ4v) is 2.94. The maximum absolute atomic E-state index is 12.5. The molecule has 0 aliphatic heterocycles. The minimum Gasteiger partial charge on any atom is -0.497 e. The number of amides is 1. The molecular weight excluding hydrogens is 376 g/mol. The predicted octanol–water partition coefficient (Wildman–Crippen LogP) is 5.83. The molecular formula is C25H26N2O3. The highest BCUT2D eigenvalue weighted by atomic mass is 16.5. The van der Waals surface area contributed by atoms with Crippen molar-refractivity contribution in [2.24, 2.45) is 0 Å². The molecule has 1 heterocycles. The van der Waals surface area contributed by atoms with E-state index < -0.39 is 0 Å². The molecule has 0 bridgehead atoms. The standard InChI is InChI=1S/C25H26N2O3/c1-25(2,3)20-11-5-6-13-22(20)30-24-21(12-8-16-26-24)27-23(28)15-14-18-9-7-10-19(17-18)29-4/h5-17H,1-4H3,(H,27,28)/b15-14+. The number of pyridine rings is 1. The number of hydrogen-bond donors (Lipinski definition) is 1. The van der Waals surface area contributed by atoms with Gasteiger partial charge in [-0.3, -0.25) is 4.79 Å². The van der Waals surface area contributed by atoms with Gasteiger partial charge in [-0.2, -0.15) is 0 Å². The minimum absolute atomic E-state index is 0.0890. The number of para-hydroxylation sites is 1. The molecule has 0 fully saturated rings. The lowest BCUT2D eigenvalue weighted by Crippen LogP contribution is -2.13. The van der Waals surface area contributed by atoms with E-state index in [1.54, 1.807) is 31.5 Å². The van der Waals surface area contributed by atoms with Gasteiger partial charge in [-0.05, 0) is 47.4 Å². The summed E-state index contributed by atoms with van der Waals surface area (Å²) in [5, 5.41) is 2.84. The van der Waals surface area contributed by atoms with Crippen LogP contribution in [0, 0.1) is 0 Å². The second kappa shape index (κ2) is 9.27. The van der Waals surface area contributed by atoms with Gasteiger partial charge in [0, 0.05) is 17.8 Å². The average Bonchev–Trinajstić information content (AvgIpc) is 2.73. The largest absolute Gasteiger partial charge is 0.497 e. The van der Waals surface area contributed by atoms with Crippen LogP contribution in [0.2, 0.25) is 0 Å². The van der Waals surface area contributed by atoms with Gasteiger partial charge in [-0.25, -0.2) is 4.98 Å². The topological polar surface area (TPSA) is 60.5 Å². The minimum atomic E-state index is -0.278. The lowest BCUT2D eigenvalue weighted by atomic mass is 9.86. The van der Waals surface area contributed by atoms with Crippen LogP contribution in [0.1, 0.15) is 31.9 Å². The Labute approximate surface area is 177 Å². The highest BCUT2D eigenvalue weighted by Crippen LogP contribution is 2.35. The van der Waals surface area contributed by atoms with Crippen molar-refractivity contribution in [2.45, 2.75) is 26.2 Å². The van der Waals surface area contributed by atoms with Gasteiger partial charge in [-0.15, -0.1) is 0 Å². The molecule has 5 heteroatoms. The number of nitrogens with one attached hydrogen (secondary N) is 1. The number of anilines is 1. The van der Waals surface area contributed by atoms with Crippen molar-refractivity contribution in [2.75, 3.05) is 12.4 Å². The molecule has 0 saturated carbocycles. The van der Waals surface area contributed by atoms with Gasteiger partial charge in [0.05, 0.1) is 7.11 Å². The summed E-state index contributed by atoms with van der Waals surface area (Å²) in [5.41, 5.74) is 2.34. The molecule has 0 radical (unpaired) electrons. The molecule has 0 spiro atoms. The molecule has 1 amide bonds. The first-order chi connectivity index (χ1) is 14.4. The zero-order valence-electron chi connectivity index (χ0n) is 17.7. The van der Waals surface area contributed by atoms with Crippen LogP contribution in [0.15, 0.2) is 72.9 Å². The van der Waals surface area contributed by atoms with Crippen LogP contribution in [0.3, 0.4) is 0 Å². The highest BCUT2D eigenvalue weighted by Gasteiger charge is 2.20. The Morgan fingerprint density at radius 1 is 1.03 bits per heavy atom. The van der Waals surface area contributed by atoms with Crippen molar-refractivity contribution in [3.05, 3.63) is 84.1 Å². The molecule has 0 atom stereocenters. The van der Waals surface area contributed by atoms with Crippen LogP contribution in [0.25, 0.3) is 6.08 Å². The molecule has 1 aromatic heterocycles. The molecule has 3 aromatic rings. The Morgan fingerprint density at radius 3 is 2.60 bits per heavy atom. The van der Waals surface area contributed by atoms with Gasteiger partial charge in [0.25, 0.3) is 0 Å². The second-order valence-corrected chi connectivity index (χ2v) is 7.80. The van der Waals surface area contributed by atoms with E-state index in [1.807, 2.05) is 48.5 Å². The lowest BCUT2D eigenvalue weighted by molar-refractivity contribution is -0.111. The maximum Gasteiger partial charge on any atom is 0.248 e. The zero-order valence-corrected chi connectivity index (χ0v) is 17.7. The van der Waals surface area contributed by atoms with E-state index >= 15 is 0 Å². The smallest absolute Gasteiger partial charge is 0.248 e. The Kier molecular flexibility index (Phi) is 6.52. The number of benzene rings is 2. The number of rotatable bonds is 6. The number of ether oxygens (including phenoxy) is 2. The Hall–Kier alpha value is -3.60. The maximum atomic E-state index is 12.5. The summed E-state index contributed by atoms with van der Waals surface area (Å²) in [4.78, 5) is 16.8. The van der Waals surface area contributed by atoms with E-state index in [4.69, 9.17) is 9.47 Å². The number of carbonyl (C=O) groups is 1. The number of methoxy groups -OCH3 is 1. The third-order valence-corrected chi connectivity index (χ3v) is 4.45. The summed E-state index contributed by atoms with van der Waals surface area (Å²) < 4.78 is 11.3. The molecule has 3 rings (SSSR count). The van der Waals surface area contributed by atoms with E-state index in [2.05, 4.69) is 31.1 Å². The molecule has 30 heavy (non-hydrogen) atoms. The van der Waals surface area contributed by atoms with Crippen LogP contribution >= 0.6 is 0 Å². The van der Waals surface area contributed by atoms with E-state index in [0.717, 1.165) is 16.9 Å². The third kappa shape index (κ3) is 5.47. The van der Waals surface area contributed by atoms with E-state index in [9.17, 15) is 4.79 Å². The highest BCUT2D eigenvalue weighted by molar-refractivity contribution is 6.02. The lowest BCUT2D eigenvalue weighted by Gasteiger charge is -2.22. The van der Waals surface area contributed by atoms with Crippen molar-refractivity contribution >= 4 is 17.7 Å². The second-order valence-electron chi connectivity index (χ2n) is 7.80. The van der Waals surface area contributed by atoms with Gasteiger partial charge in [0.1, 0.15) is 17.2 Å². The fourth-order valence-electron chi connectivity index (χ4n) is 2.94. The number of hydrogen-bond acceptors (Lipinski definition) is 4. The third-order valence-electron chi connectivity index (χ3n) is 4.45. The predicted molar refractivity (Wildman–Crippen MR) is 120 cm³/mol. The number of aromatic nitrogens is 1. The molecule has 1 N–H and O–H groups in total. The molecule has 2 aromatic carbocycles. The van der Waals surface area contributed by atoms with Crippen LogP contribution in [-0.2, 0) is 10.2 Å². The first-order valence-electron chi connectivity index (χ1n) is 9.72. The van der Waals surface area contributed by atoms with Gasteiger partial charge >= 0.3 is 0 Å². The summed E-state index contributed by atoms with van der Waals surface area (Å²) in [6, 6.07) is 18.8. The Bertz CT molecular complexity index is 1050. The van der Waals surface area contributed by atoms with Gasteiger partial charge in [0.15, 0.2) is 0 Å². The first kappa shape index (κ1) is 21.1. The SMILES string of the molecule is COc1cccc(/C=C/C(=O)Nc2cccnc2Oc2ccccc2C(C)(C)C)c1. The average molecular weight is 402 g/mol. The van der Waals surface area contributed by atoms with E-state index in [0.29, 0.717) is 17.3 Å². The van der Waals surface area contributed by atoms with E-state index in [-0.39, 0.29) is 11.3 Å². The van der Waals surface area contributed by atoms with Crippen molar-refractivity contribution in [1.82, 2.24) is 4.98 Å². The van der Waals surface area contributed by atoms with E-state index in [1.165, 1.54) is 6.08 Å². The summed E-state index contributed by atoms with van der Waals surface area (Å²) in [6.07, 6.45) is 4.83. The van der Waals surface area contributed by atoms with Crippen LogP contribution in [0.5, 0.6) is 17.4 Å². The first-order valence-corrected chi connectivity index (χ1v) is 9.72. The van der Waals surface area contributed by atoms with Crippen molar-refractivity contribution < 1.29 is 14.3 Å².